The molecule has 6 nitrogen and oxygen atoms in total. The number of carbonyl (C=O) groups excluding carboxylic acids is 1. The lowest BCUT2D eigenvalue weighted by Crippen LogP contribution is -2.36. The summed E-state index contributed by atoms with van der Waals surface area (Å²) in [6, 6.07) is 9.99. The molecular formula is C19H19FIN3O3. The van der Waals surface area contributed by atoms with E-state index in [9.17, 15) is 9.18 Å². The minimum absolute atomic E-state index is 0.324. The minimum Gasteiger partial charge on any atom is -0.496 e. The van der Waals surface area contributed by atoms with Gasteiger partial charge in [0.25, 0.3) is 5.91 Å². The lowest BCUT2D eigenvalue weighted by molar-refractivity contribution is 0.0954. The highest BCUT2D eigenvalue weighted by Crippen LogP contribution is 2.22. The van der Waals surface area contributed by atoms with Crippen LogP contribution in [0.1, 0.15) is 15.9 Å². The van der Waals surface area contributed by atoms with Gasteiger partial charge in [0, 0.05) is 18.7 Å². The molecule has 0 aromatic heterocycles. The molecule has 2 aromatic carbocycles. The highest BCUT2D eigenvalue weighted by molar-refractivity contribution is 14.1. The van der Waals surface area contributed by atoms with Gasteiger partial charge in [-0.05, 0) is 58.5 Å². The Bertz CT molecular complexity index is 854. The zero-order valence-electron chi connectivity index (χ0n) is 14.7. The van der Waals surface area contributed by atoms with E-state index < -0.39 is 0 Å². The monoisotopic (exact) mass is 483 g/mol. The van der Waals surface area contributed by atoms with Crippen molar-refractivity contribution in [2.75, 3.05) is 38.3 Å². The molecule has 1 amide bonds. The number of amides is 1. The number of nitrogens with zero attached hydrogens (tertiary/aromatic N) is 2. The molecule has 0 spiro atoms. The van der Waals surface area contributed by atoms with Crippen LogP contribution in [0, 0.1) is 9.39 Å². The molecule has 0 saturated carbocycles. The summed E-state index contributed by atoms with van der Waals surface area (Å²) >= 11 is 2.13. The average Bonchev–Trinajstić information content (AvgIpc) is 2.69. The summed E-state index contributed by atoms with van der Waals surface area (Å²) in [6.07, 6.45) is 1.41. The first-order valence-electron chi connectivity index (χ1n) is 8.37. The normalized spacial score (nSPS) is 14.4. The van der Waals surface area contributed by atoms with Gasteiger partial charge in [-0.1, -0.05) is 6.07 Å². The summed E-state index contributed by atoms with van der Waals surface area (Å²) < 4.78 is 25.8. The van der Waals surface area contributed by atoms with Crippen molar-refractivity contribution in [3.8, 4) is 5.75 Å². The van der Waals surface area contributed by atoms with Crippen molar-refractivity contribution in [3.63, 3.8) is 0 Å². The highest BCUT2D eigenvalue weighted by Gasteiger charge is 2.15. The van der Waals surface area contributed by atoms with Crippen LogP contribution in [0.3, 0.4) is 0 Å². The van der Waals surface area contributed by atoms with E-state index in [1.54, 1.807) is 37.4 Å². The molecule has 1 saturated heterocycles. The third-order valence-electron chi connectivity index (χ3n) is 4.12. The molecule has 0 radical (unpaired) electrons. The molecule has 1 aliphatic heterocycles. The molecule has 142 valence electrons. The van der Waals surface area contributed by atoms with Crippen LogP contribution in [0.25, 0.3) is 0 Å². The number of carbonyl (C=O) groups is 1. The van der Waals surface area contributed by atoms with E-state index >= 15 is 0 Å². The molecule has 0 bridgehead atoms. The number of anilines is 1. The van der Waals surface area contributed by atoms with Gasteiger partial charge in [0.2, 0.25) is 0 Å². The van der Waals surface area contributed by atoms with Crippen LogP contribution in [0.15, 0.2) is 41.5 Å². The lowest BCUT2D eigenvalue weighted by Gasteiger charge is -2.29. The first kappa shape index (κ1) is 19.6. The van der Waals surface area contributed by atoms with E-state index in [-0.39, 0.29) is 11.7 Å². The first-order valence-corrected chi connectivity index (χ1v) is 9.45. The molecule has 1 N–H and O–H groups in total. The number of halogens is 2. The second-order valence-electron chi connectivity index (χ2n) is 5.86. The van der Waals surface area contributed by atoms with Crippen LogP contribution in [-0.2, 0) is 4.74 Å². The van der Waals surface area contributed by atoms with E-state index in [2.05, 4.69) is 33.1 Å². The molecular weight excluding hydrogens is 464 g/mol. The fraction of sp³-hybridized carbons (Fsp3) is 0.263. The smallest absolute Gasteiger partial charge is 0.271 e. The quantitative estimate of drug-likeness (QED) is 0.404. The predicted molar refractivity (Wildman–Crippen MR) is 110 cm³/mol. The molecule has 27 heavy (non-hydrogen) atoms. The van der Waals surface area contributed by atoms with Crippen molar-refractivity contribution in [2.24, 2.45) is 5.10 Å². The number of hydrogen-bond acceptors (Lipinski definition) is 5. The van der Waals surface area contributed by atoms with Gasteiger partial charge < -0.3 is 14.4 Å². The third-order valence-corrected chi connectivity index (χ3v) is 5.01. The molecule has 3 rings (SSSR count). The Morgan fingerprint density at radius 1 is 1.30 bits per heavy atom. The van der Waals surface area contributed by atoms with Crippen LogP contribution < -0.4 is 15.1 Å². The van der Waals surface area contributed by atoms with Gasteiger partial charge >= 0.3 is 0 Å². The second kappa shape index (κ2) is 9.14. The summed E-state index contributed by atoms with van der Waals surface area (Å²) in [7, 11) is 1.55. The van der Waals surface area contributed by atoms with Gasteiger partial charge in [-0.2, -0.15) is 5.10 Å². The van der Waals surface area contributed by atoms with Crippen molar-refractivity contribution in [1.29, 1.82) is 0 Å². The average molecular weight is 483 g/mol. The van der Waals surface area contributed by atoms with Crippen LogP contribution >= 0.6 is 22.6 Å². The van der Waals surface area contributed by atoms with Crippen LogP contribution in [0.2, 0.25) is 0 Å². The summed E-state index contributed by atoms with van der Waals surface area (Å²) in [5.74, 6) is -0.0751. The summed E-state index contributed by atoms with van der Waals surface area (Å²) in [4.78, 5) is 14.1. The number of hydrazone groups is 1. The fourth-order valence-electron chi connectivity index (χ4n) is 2.70. The summed E-state index contributed by atoms with van der Waals surface area (Å²) in [6.45, 7) is 2.52. The molecule has 0 aliphatic carbocycles. The third kappa shape index (κ3) is 4.95. The van der Waals surface area contributed by atoms with Crippen LogP contribution in [0.4, 0.5) is 10.1 Å². The topological polar surface area (TPSA) is 63.2 Å². The van der Waals surface area contributed by atoms with Crippen molar-refractivity contribution in [2.45, 2.75) is 0 Å². The van der Waals surface area contributed by atoms with Gasteiger partial charge in [0.15, 0.2) is 0 Å². The zero-order valence-corrected chi connectivity index (χ0v) is 16.9. The number of benzene rings is 2. The van der Waals surface area contributed by atoms with Crippen molar-refractivity contribution >= 4 is 40.4 Å². The number of ether oxygens (including phenoxy) is 2. The maximum absolute atomic E-state index is 14.4. The number of methoxy groups -OCH3 is 1. The molecule has 1 heterocycles. The Kier molecular flexibility index (Phi) is 6.62. The molecule has 1 aliphatic rings. The number of morpholine rings is 1. The largest absolute Gasteiger partial charge is 0.496 e. The summed E-state index contributed by atoms with van der Waals surface area (Å²) in [5.41, 5.74) is 3.97. The molecule has 8 heteroatoms. The maximum Gasteiger partial charge on any atom is 0.271 e. The number of hydrogen-bond donors (Lipinski definition) is 1. The van der Waals surface area contributed by atoms with E-state index in [4.69, 9.17) is 9.47 Å². The van der Waals surface area contributed by atoms with Gasteiger partial charge in [-0.3, -0.25) is 4.79 Å². The van der Waals surface area contributed by atoms with Crippen molar-refractivity contribution in [1.82, 2.24) is 5.43 Å². The van der Waals surface area contributed by atoms with Gasteiger partial charge in [0.05, 0.1) is 35.8 Å². The Morgan fingerprint density at radius 3 is 2.78 bits per heavy atom. The number of nitrogens with one attached hydrogen (secondary N) is 1. The molecule has 0 atom stereocenters. The zero-order chi connectivity index (χ0) is 19.2. The lowest BCUT2D eigenvalue weighted by atomic mass is 10.2. The van der Waals surface area contributed by atoms with Crippen molar-refractivity contribution in [3.05, 3.63) is 56.9 Å². The predicted octanol–water partition coefficient (Wildman–Crippen LogP) is 3.04. The van der Waals surface area contributed by atoms with Gasteiger partial charge in [0.1, 0.15) is 11.6 Å². The Hall–Kier alpha value is -2.20. The fourth-order valence-corrected chi connectivity index (χ4v) is 3.25. The second-order valence-corrected chi connectivity index (χ2v) is 7.02. The standard InChI is InChI=1S/C19H19FIN3O3/c1-26-18-11-14(3-4-16(18)21)19(25)23-22-12-13-2-5-17(15(20)10-13)24-6-8-27-9-7-24/h2-5,10-12H,6-9H2,1H3,(H,23,25)/b22-12+. The van der Waals surface area contributed by atoms with E-state index in [1.807, 2.05) is 4.90 Å². The van der Waals surface area contributed by atoms with E-state index in [0.29, 0.717) is 48.9 Å². The Morgan fingerprint density at radius 2 is 2.07 bits per heavy atom. The molecule has 2 aromatic rings. The first-order chi connectivity index (χ1) is 13.1. The maximum atomic E-state index is 14.4. The summed E-state index contributed by atoms with van der Waals surface area (Å²) in [5, 5.41) is 3.91. The van der Waals surface area contributed by atoms with Gasteiger partial charge in [-0.25, -0.2) is 9.82 Å². The van der Waals surface area contributed by atoms with Crippen LogP contribution in [-0.4, -0.2) is 45.5 Å². The highest BCUT2D eigenvalue weighted by atomic mass is 127. The molecule has 0 unspecified atom stereocenters. The van der Waals surface area contributed by atoms with E-state index in [1.165, 1.54) is 12.3 Å². The van der Waals surface area contributed by atoms with E-state index in [0.717, 1.165) is 3.57 Å². The molecule has 1 fully saturated rings. The van der Waals surface area contributed by atoms with Gasteiger partial charge in [-0.15, -0.1) is 0 Å². The SMILES string of the molecule is COc1cc(C(=O)N/N=C/c2ccc(N3CCOCC3)c(F)c2)ccc1I. The number of rotatable bonds is 5. The Labute approximate surface area is 170 Å². The van der Waals surface area contributed by atoms with Crippen LogP contribution in [0.5, 0.6) is 5.75 Å². The van der Waals surface area contributed by atoms with Crippen molar-refractivity contribution < 1.29 is 18.7 Å². The Balaban J connectivity index is 1.64. The minimum atomic E-state index is -0.369.